The topological polar surface area (TPSA) is 69.0 Å². The van der Waals surface area contributed by atoms with Gasteiger partial charge in [0.25, 0.3) is 0 Å². The van der Waals surface area contributed by atoms with Crippen LogP contribution in [-0.2, 0) is 11.3 Å². The van der Waals surface area contributed by atoms with Crippen molar-refractivity contribution in [1.29, 1.82) is 0 Å². The van der Waals surface area contributed by atoms with E-state index >= 15 is 0 Å². The maximum Gasteiger partial charge on any atom is 0.234 e. The van der Waals surface area contributed by atoms with Crippen molar-refractivity contribution in [1.82, 2.24) is 14.8 Å². The molecule has 1 N–H and O–H groups in total. The van der Waals surface area contributed by atoms with Gasteiger partial charge in [0.2, 0.25) is 5.91 Å². The molecule has 0 atom stereocenters. The number of hydrogen-bond acceptors (Lipinski definition) is 5. The van der Waals surface area contributed by atoms with Gasteiger partial charge in [-0.15, -0.1) is 16.8 Å². The second-order valence-corrected chi connectivity index (χ2v) is 7.86. The van der Waals surface area contributed by atoms with Crippen LogP contribution in [0.4, 0.5) is 5.69 Å². The number of para-hydroxylation sites is 1. The van der Waals surface area contributed by atoms with Crippen LogP contribution in [-0.4, -0.2) is 33.0 Å². The molecule has 2 aromatic carbocycles. The Morgan fingerprint density at radius 1 is 1.23 bits per heavy atom. The summed E-state index contributed by atoms with van der Waals surface area (Å²) in [4.78, 5) is 12.4. The standard InChI is InChI=1S/C21H20Cl2N4O2S/c1-3-11-27-20(15-7-5-6-8-18(15)29-4-2)25-26-21(27)30-13-19(28)24-14-9-10-16(22)17(23)12-14/h3,5-10,12H,1,4,11,13H2,2H3,(H,24,28). The predicted molar refractivity (Wildman–Crippen MR) is 123 cm³/mol. The average Bonchev–Trinajstić information content (AvgIpc) is 3.13. The van der Waals surface area contributed by atoms with Crippen molar-refractivity contribution in [2.45, 2.75) is 18.6 Å². The molecule has 3 aromatic rings. The summed E-state index contributed by atoms with van der Waals surface area (Å²) >= 11 is 13.2. The van der Waals surface area contributed by atoms with Crippen molar-refractivity contribution in [3.05, 3.63) is 65.2 Å². The molecule has 6 nitrogen and oxygen atoms in total. The largest absolute Gasteiger partial charge is 0.493 e. The van der Waals surface area contributed by atoms with Gasteiger partial charge in [0.05, 0.1) is 28.0 Å². The van der Waals surface area contributed by atoms with Crippen LogP contribution in [0.1, 0.15) is 6.92 Å². The lowest BCUT2D eigenvalue weighted by atomic mass is 10.2. The lowest BCUT2D eigenvalue weighted by Gasteiger charge is -2.11. The van der Waals surface area contributed by atoms with E-state index < -0.39 is 0 Å². The van der Waals surface area contributed by atoms with E-state index in [0.717, 1.165) is 11.3 Å². The molecule has 0 bridgehead atoms. The van der Waals surface area contributed by atoms with Crippen LogP contribution in [0.15, 0.2) is 60.3 Å². The number of aromatic nitrogens is 3. The van der Waals surface area contributed by atoms with Gasteiger partial charge in [-0.2, -0.15) is 0 Å². The Kier molecular flexibility index (Phi) is 7.79. The highest BCUT2D eigenvalue weighted by Crippen LogP contribution is 2.31. The molecule has 156 valence electrons. The maximum absolute atomic E-state index is 12.4. The Bertz CT molecular complexity index is 1060. The molecule has 1 heterocycles. The first-order chi connectivity index (χ1) is 14.5. The molecule has 0 fully saturated rings. The first-order valence-corrected chi connectivity index (χ1v) is 10.9. The molecule has 0 unspecified atom stereocenters. The molecule has 3 rings (SSSR count). The van der Waals surface area contributed by atoms with E-state index in [1.807, 2.05) is 35.8 Å². The third-order valence-corrected chi connectivity index (χ3v) is 5.70. The zero-order valence-corrected chi connectivity index (χ0v) is 18.6. The third-order valence-electron chi connectivity index (χ3n) is 3.99. The number of amides is 1. The third kappa shape index (κ3) is 5.36. The number of nitrogens with zero attached hydrogens (tertiary/aromatic N) is 3. The van der Waals surface area contributed by atoms with E-state index in [0.29, 0.717) is 39.9 Å². The van der Waals surface area contributed by atoms with Crippen molar-refractivity contribution in [2.24, 2.45) is 0 Å². The van der Waals surface area contributed by atoms with Gasteiger partial charge in [0.15, 0.2) is 11.0 Å². The van der Waals surface area contributed by atoms with Gasteiger partial charge in [-0.3, -0.25) is 9.36 Å². The minimum atomic E-state index is -0.192. The minimum Gasteiger partial charge on any atom is -0.493 e. The lowest BCUT2D eigenvalue weighted by Crippen LogP contribution is -2.14. The fourth-order valence-electron chi connectivity index (χ4n) is 2.72. The molecule has 30 heavy (non-hydrogen) atoms. The highest BCUT2D eigenvalue weighted by atomic mass is 35.5. The van der Waals surface area contributed by atoms with Crippen molar-refractivity contribution in [3.63, 3.8) is 0 Å². The van der Waals surface area contributed by atoms with Gasteiger partial charge in [0.1, 0.15) is 5.75 Å². The summed E-state index contributed by atoms with van der Waals surface area (Å²) in [6, 6.07) is 12.6. The molecular weight excluding hydrogens is 443 g/mol. The fraction of sp³-hybridized carbons (Fsp3) is 0.190. The van der Waals surface area contributed by atoms with E-state index in [4.69, 9.17) is 27.9 Å². The Balaban J connectivity index is 1.76. The van der Waals surface area contributed by atoms with E-state index in [1.54, 1.807) is 24.3 Å². The van der Waals surface area contributed by atoms with E-state index in [2.05, 4.69) is 22.1 Å². The Morgan fingerprint density at radius 2 is 2.03 bits per heavy atom. The maximum atomic E-state index is 12.4. The summed E-state index contributed by atoms with van der Waals surface area (Å²) in [5, 5.41) is 12.8. The Hall–Kier alpha value is -2.48. The summed E-state index contributed by atoms with van der Waals surface area (Å²) in [7, 11) is 0. The van der Waals surface area contributed by atoms with Crippen molar-refractivity contribution in [2.75, 3.05) is 17.7 Å². The molecule has 0 radical (unpaired) electrons. The molecular formula is C21H20Cl2N4O2S. The van der Waals surface area contributed by atoms with Crippen LogP contribution in [0.5, 0.6) is 5.75 Å². The van der Waals surface area contributed by atoms with E-state index in [-0.39, 0.29) is 11.7 Å². The van der Waals surface area contributed by atoms with Gasteiger partial charge in [-0.25, -0.2) is 0 Å². The minimum absolute atomic E-state index is 0.155. The zero-order chi connectivity index (χ0) is 21.5. The van der Waals surface area contributed by atoms with Gasteiger partial charge in [-0.05, 0) is 37.3 Å². The number of hydrogen-bond donors (Lipinski definition) is 1. The molecule has 0 aliphatic carbocycles. The molecule has 1 aromatic heterocycles. The molecule has 0 spiro atoms. The van der Waals surface area contributed by atoms with Crippen LogP contribution in [0.3, 0.4) is 0 Å². The van der Waals surface area contributed by atoms with Crippen LogP contribution < -0.4 is 10.1 Å². The normalized spacial score (nSPS) is 10.6. The van der Waals surface area contributed by atoms with E-state index in [9.17, 15) is 4.79 Å². The Labute approximate surface area is 189 Å². The summed E-state index contributed by atoms with van der Waals surface area (Å²) < 4.78 is 7.62. The molecule has 1 amide bonds. The first kappa shape index (κ1) is 22.2. The quantitative estimate of drug-likeness (QED) is 0.332. The number of anilines is 1. The number of carbonyl (C=O) groups excluding carboxylic acids is 1. The van der Waals surface area contributed by atoms with Crippen molar-refractivity contribution >= 4 is 46.6 Å². The van der Waals surface area contributed by atoms with Crippen molar-refractivity contribution in [3.8, 4) is 17.1 Å². The van der Waals surface area contributed by atoms with Crippen molar-refractivity contribution < 1.29 is 9.53 Å². The number of ether oxygens (including phenoxy) is 1. The number of halogens is 2. The number of thioether (sulfide) groups is 1. The Morgan fingerprint density at radius 3 is 2.77 bits per heavy atom. The van der Waals surface area contributed by atoms with Gasteiger partial charge in [-0.1, -0.05) is 53.2 Å². The smallest absolute Gasteiger partial charge is 0.234 e. The summed E-state index contributed by atoms with van der Waals surface area (Å²) in [5.41, 5.74) is 1.41. The summed E-state index contributed by atoms with van der Waals surface area (Å²) in [5.74, 6) is 1.35. The van der Waals surface area contributed by atoms with Crippen LogP contribution in [0, 0.1) is 0 Å². The molecule has 0 saturated carbocycles. The number of nitrogens with one attached hydrogen (secondary N) is 1. The zero-order valence-electron chi connectivity index (χ0n) is 16.3. The summed E-state index contributed by atoms with van der Waals surface area (Å²) in [6.07, 6.45) is 1.76. The van der Waals surface area contributed by atoms with Gasteiger partial charge in [0, 0.05) is 12.2 Å². The lowest BCUT2D eigenvalue weighted by molar-refractivity contribution is -0.113. The molecule has 0 aliphatic heterocycles. The highest BCUT2D eigenvalue weighted by molar-refractivity contribution is 7.99. The van der Waals surface area contributed by atoms with Gasteiger partial charge >= 0.3 is 0 Å². The fourth-order valence-corrected chi connectivity index (χ4v) is 3.77. The average molecular weight is 463 g/mol. The molecule has 0 saturated heterocycles. The van der Waals surface area contributed by atoms with Crippen LogP contribution in [0.25, 0.3) is 11.4 Å². The number of benzene rings is 2. The monoisotopic (exact) mass is 462 g/mol. The number of rotatable bonds is 9. The second kappa shape index (κ2) is 10.5. The molecule has 0 aliphatic rings. The number of carbonyl (C=O) groups is 1. The predicted octanol–water partition coefficient (Wildman–Crippen LogP) is 5.57. The van der Waals surface area contributed by atoms with Crippen LogP contribution in [0.2, 0.25) is 10.0 Å². The first-order valence-electron chi connectivity index (χ1n) is 9.17. The molecule has 9 heteroatoms. The SMILES string of the molecule is C=CCn1c(SCC(=O)Nc2ccc(Cl)c(Cl)c2)nnc1-c1ccccc1OCC. The highest BCUT2D eigenvalue weighted by Gasteiger charge is 2.18. The second-order valence-electron chi connectivity index (χ2n) is 6.10. The van der Waals surface area contributed by atoms with E-state index in [1.165, 1.54) is 11.8 Å². The number of allylic oxidation sites excluding steroid dienone is 1. The summed E-state index contributed by atoms with van der Waals surface area (Å²) in [6.45, 7) is 6.79. The van der Waals surface area contributed by atoms with Gasteiger partial charge < -0.3 is 10.1 Å². The van der Waals surface area contributed by atoms with Crippen LogP contribution >= 0.6 is 35.0 Å².